The van der Waals surface area contributed by atoms with Gasteiger partial charge >= 0.3 is 0 Å². The number of benzene rings is 1. The molecule has 0 aliphatic heterocycles. The molecule has 88 valence electrons. The van der Waals surface area contributed by atoms with Crippen molar-refractivity contribution in [2.75, 3.05) is 0 Å². The van der Waals surface area contributed by atoms with Crippen LogP contribution in [0.5, 0.6) is 0 Å². The standard InChI is InChI=1S/C13H16BrFO/c14-12-8-11(15)6-5-9(12)7-10-3-1-2-4-13(10)16/h5-6,8,10,13,16H,1-4,7H2. The zero-order valence-electron chi connectivity index (χ0n) is 9.13. The minimum atomic E-state index is -0.222. The number of rotatable bonds is 2. The second kappa shape index (κ2) is 5.28. The Kier molecular flexibility index (Phi) is 3.98. The molecule has 1 saturated carbocycles. The van der Waals surface area contributed by atoms with E-state index in [1.807, 2.05) is 0 Å². The molecule has 1 aliphatic rings. The van der Waals surface area contributed by atoms with E-state index < -0.39 is 0 Å². The lowest BCUT2D eigenvalue weighted by molar-refractivity contribution is 0.0699. The van der Waals surface area contributed by atoms with Crippen LogP contribution in [-0.2, 0) is 6.42 Å². The van der Waals surface area contributed by atoms with Crippen LogP contribution in [0.1, 0.15) is 31.2 Å². The van der Waals surface area contributed by atoms with Crippen LogP contribution in [0.3, 0.4) is 0 Å². The van der Waals surface area contributed by atoms with E-state index in [0.717, 1.165) is 35.7 Å². The molecule has 0 amide bonds. The largest absolute Gasteiger partial charge is 0.393 e. The maximum absolute atomic E-state index is 12.9. The highest BCUT2D eigenvalue weighted by Gasteiger charge is 2.23. The van der Waals surface area contributed by atoms with Gasteiger partial charge in [-0.3, -0.25) is 0 Å². The Hall–Kier alpha value is -0.410. The summed E-state index contributed by atoms with van der Waals surface area (Å²) >= 11 is 3.37. The third-order valence-electron chi connectivity index (χ3n) is 3.37. The van der Waals surface area contributed by atoms with Gasteiger partial charge in [0.05, 0.1) is 6.10 Å². The minimum absolute atomic E-state index is 0.189. The molecular formula is C13H16BrFO. The van der Waals surface area contributed by atoms with Gasteiger partial charge in [0, 0.05) is 4.47 Å². The molecule has 1 fully saturated rings. The summed E-state index contributed by atoms with van der Waals surface area (Å²) < 4.78 is 13.7. The van der Waals surface area contributed by atoms with Crippen molar-refractivity contribution in [2.24, 2.45) is 5.92 Å². The van der Waals surface area contributed by atoms with Gasteiger partial charge in [-0.05, 0) is 42.9 Å². The van der Waals surface area contributed by atoms with E-state index in [9.17, 15) is 9.50 Å². The van der Waals surface area contributed by atoms with Crippen molar-refractivity contribution in [1.82, 2.24) is 0 Å². The first-order valence-electron chi connectivity index (χ1n) is 5.79. The lowest BCUT2D eigenvalue weighted by Crippen LogP contribution is -2.26. The summed E-state index contributed by atoms with van der Waals surface area (Å²) in [5.74, 6) is 0.107. The molecule has 0 heterocycles. The number of hydrogen-bond acceptors (Lipinski definition) is 1. The average molecular weight is 287 g/mol. The first-order chi connectivity index (χ1) is 7.66. The van der Waals surface area contributed by atoms with Crippen LogP contribution < -0.4 is 0 Å². The van der Waals surface area contributed by atoms with Gasteiger partial charge in [0.2, 0.25) is 0 Å². The van der Waals surface area contributed by atoms with Crippen molar-refractivity contribution >= 4 is 15.9 Å². The van der Waals surface area contributed by atoms with Gasteiger partial charge < -0.3 is 5.11 Å². The zero-order valence-corrected chi connectivity index (χ0v) is 10.7. The molecule has 2 atom stereocenters. The zero-order chi connectivity index (χ0) is 11.5. The van der Waals surface area contributed by atoms with E-state index in [2.05, 4.69) is 15.9 Å². The average Bonchev–Trinajstić information content (AvgIpc) is 2.25. The van der Waals surface area contributed by atoms with Crippen LogP contribution in [0.15, 0.2) is 22.7 Å². The minimum Gasteiger partial charge on any atom is -0.393 e. The highest BCUT2D eigenvalue weighted by atomic mass is 79.9. The molecule has 2 unspecified atom stereocenters. The number of aliphatic hydroxyl groups is 1. The fourth-order valence-corrected chi connectivity index (χ4v) is 2.91. The topological polar surface area (TPSA) is 20.2 Å². The quantitative estimate of drug-likeness (QED) is 0.879. The molecule has 0 bridgehead atoms. The number of halogens is 2. The molecule has 0 radical (unpaired) electrons. The Morgan fingerprint density at radius 1 is 1.31 bits per heavy atom. The second-order valence-corrected chi connectivity index (χ2v) is 5.41. The summed E-state index contributed by atoms with van der Waals surface area (Å²) in [5, 5.41) is 9.89. The molecular weight excluding hydrogens is 271 g/mol. The van der Waals surface area contributed by atoms with Gasteiger partial charge in [0.1, 0.15) is 5.82 Å². The monoisotopic (exact) mass is 286 g/mol. The molecule has 0 saturated heterocycles. The van der Waals surface area contributed by atoms with Crippen molar-refractivity contribution in [3.63, 3.8) is 0 Å². The summed E-state index contributed by atoms with van der Waals surface area (Å²) in [6.45, 7) is 0. The SMILES string of the molecule is OC1CCCCC1Cc1ccc(F)cc1Br. The Labute approximate surface area is 104 Å². The molecule has 0 spiro atoms. The maximum atomic E-state index is 12.9. The smallest absolute Gasteiger partial charge is 0.124 e. The van der Waals surface area contributed by atoms with Gasteiger partial charge in [-0.25, -0.2) is 4.39 Å². The molecule has 3 heteroatoms. The van der Waals surface area contributed by atoms with E-state index >= 15 is 0 Å². The van der Waals surface area contributed by atoms with Crippen LogP contribution in [-0.4, -0.2) is 11.2 Å². The number of aliphatic hydroxyl groups excluding tert-OH is 1. The van der Waals surface area contributed by atoms with E-state index in [1.54, 1.807) is 6.07 Å². The Bertz CT molecular complexity index is 367. The van der Waals surface area contributed by atoms with Crippen molar-refractivity contribution in [3.05, 3.63) is 34.1 Å². The van der Waals surface area contributed by atoms with E-state index in [1.165, 1.54) is 18.6 Å². The van der Waals surface area contributed by atoms with Crippen LogP contribution in [0.4, 0.5) is 4.39 Å². The first kappa shape index (κ1) is 12.1. The van der Waals surface area contributed by atoms with Crippen LogP contribution >= 0.6 is 15.9 Å². The molecule has 1 aromatic rings. The van der Waals surface area contributed by atoms with E-state index in [-0.39, 0.29) is 11.9 Å². The van der Waals surface area contributed by atoms with Crippen LogP contribution in [0.25, 0.3) is 0 Å². The highest BCUT2D eigenvalue weighted by molar-refractivity contribution is 9.10. The normalized spacial score (nSPS) is 25.7. The van der Waals surface area contributed by atoms with Gasteiger partial charge in [0.15, 0.2) is 0 Å². The van der Waals surface area contributed by atoms with Gasteiger partial charge in [0.25, 0.3) is 0 Å². The first-order valence-corrected chi connectivity index (χ1v) is 6.58. The lowest BCUT2D eigenvalue weighted by Gasteiger charge is -2.27. The molecule has 1 N–H and O–H groups in total. The predicted octanol–water partition coefficient (Wildman–Crippen LogP) is 3.68. The van der Waals surface area contributed by atoms with Crippen molar-refractivity contribution in [1.29, 1.82) is 0 Å². The van der Waals surface area contributed by atoms with E-state index in [0.29, 0.717) is 5.92 Å². The molecule has 1 aliphatic carbocycles. The summed E-state index contributed by atoms with van der Waals surface area (Å²) in [7, 11) is 0. The second-order valence-electron chi connectivity index (χ2n) is 4.55. The van der Waals surface area contributed by atoms with Crippen LogP contribution in [0.2, 0.25) is 0 Å². The Morgan fingerprint density at radius 2 is 2.06 bits per heavy atom. The molecule has 2 rings (SSSR count). The van der Waals surface area contributed by atoms with Crippen molar-refractivity contribution < 1.29 is 9.50 Å². The summed E-state index contributed by atoms with van der Waals surface area (Å²) in [4.78, 5) is 0. The molecule has 0 aromatic heterocycles. The molecule has 16 heavy (non-hydrogen) atoms. The fourth-order valence-electron chi connectivity index (χ4n) is 2.40. The van der Waals surface area contributed by atoms with Crippen molar-refractivity contribution in [2.45, 2.75) is 38.2 Å². The highest BCUT2D eigenvalue weighted by Crippen LogP contribution is 2.30. The number of hydrogen-bond donors (Lipinski definition) is 1. The van der Waals surface area contributed by atoms with Gasteiger partial charge in [-0.2, -0.15) is 0 Å². The Morgan fingerprint density at radius 3 is 2.75 bits per heavy atom. The molecule has 1 aromatic carbocycles. The molecule has 1 nitrogen and oxygen atoms in total. The maximum Gasteiger partial charge on any atom is 0.124 e. The van der Waals surface area contributed by atoms with Crippen LogP contribution in [0, 0.1) is 11.7 Å². The summed E-state index contributed by atoms with van der Waals surface area (Å²) in [6.07, 6.45) is 4.95. The van der Waals surface area contributed by atoms with Gasteiger partial charge in [-0.1, -0.05) is 34.8 Å². The summed E-state index contributed by atoms with van der Waals surface area (Å²) in [5.41, 5.74) is 1.09. The third-order valence-corrected chi connectivity index (χ3v) is 4.10. The summed E-state index contributed by atoms with van der Waals surface area (Å²) in [6, 6.07) is 4.78. The predicted molar refractivity (Wildman–Crippen MR) is 65.8 cm³/mol. The van der Waals surface area contributed by atoms with Crippen molar-refractivity contribution in [3.8, 4) is 0 Å². The fraction of sp³-hybridized carbons (Fsp3) is 0.538. The van der Waals surface area contributed by atoms with E-state index in [4.69, 9.17) is 0 Å². The lowest BCUT2D eigenvalue weighted by atomic mass is 9.82. The van der Waals surface area contributed by atoms with Gasteiger partial charge in [-0.15, -0.1) is 0 Å². The third kappa shape index (κ3) is 2.83. The Balaban J connectivity index is 2.07.